The van der Waals surface area contributed by atoms with Crippen LogP contribution in [0.4, 0.5) is 16.4 Å². The minimum absolute atomic E-state index is 0.0367. The Morgan fingerprint density at radius 3 is 2.96 bits per heavy atom. The maximum atomic E-state index is 12.4. The van der Waals surface area contributed by atoms with Crippen molar-refractivity contribution in [3.63, 3.8) is 0 Å². The van der Waals surface area contributed by atoms with Gasteiger partial charge in [0.1, 0.15) is 11.9 Å². The highest BCUT2D eigenvalue weighted by Gasteiger charge is 2.29. The van der Waals surface area contributed by atoms with Gasteiger partial charge in [0.05, 0.1) is 6.54 Å². The standard InChI is InChI=1S/C18H23N5O3/c1-13-11-16(21-26-13)20-18(24)23-10-6-14(12-23)25-15-5-4-7-19-17(15)22-8-2-3-9-22/h4-5,7,11,14H,2-3,6,8-10,12H2,1H3,(H,20,21,24). The van der Waals surface area contributed by atoms with E-state index in [1.807, 2.05) is 12.1 Å². The summed E-state index contributed by atoms with van der Waals surface area (Å²) < 4.78 is 11.2. The van der Waals surface area contributed by atoms with Crippen molar-refractivity contribution >= 4 is 17.7 Å². The molecule has 8 nitrogen and oxygen atoms in total. The monoisotopic (exact) mass is 357 g/mol. The lowest BCUT2D eigenvalue weighted by Gasteiger charge is -2.22. The summed E-state index contributed by atoms with van der Waals surface area (Å²) in [7, 11) is 0. The number of aromatic nitrogens is 2. The van der Waals surface area contributed by atoms with Gasteiger partial charge < -0.3 is 19.1 Å². The predicted molar refractivity (Wildman–Crippen MR) is 96.5 cm³/mol. The largest absolute Gasteiger partial charge is 0.485 e. The fourth-order valence-corrected chi connectivity index (χ4v) is 3.44. The van der Waals surface area contributed by atoms with E-state index in [2.05, 4.69) is 20.4 Å². The molecule has 26 heavy (non-hydrogen) atoms. The molecule has 2 fully saturated rings. The molecule has 1 atom stereocenters. The Labute approximate surface area is 152 Å². The van der Waals surface area contributed by atoms with Crippen molar-refractivity contribution in [2.75, 3.05) is 36.4 Å². The molecule has 4 heterocycles. The maximum Gasteiger partial charge on any atom is 0.323 e. The molecule has 2 saturated heterocycles. The third kappa shape index (κ3) is 3.58. The molecule has 2 amide bonds. The zero-order valence-electron chi connectivity index (χ0n) is 14.9. The molecule has 8 heteroatoms. The topological polar surface area (TPSA) is 83.7 Å². The van der Waals surface area contributed by atoms with Gasteiger partial charge in [-0.3, -0.25) is 5.32 Å². The van der Waals surface area contributed by atoms with Crippen molar-refractivity contribution in [2.24, 2.45) is 0 Å². The first-order valence-electron chi connectivity index (χ1n) is 9.05. The highest BCUT2D eigenvalue weighted by atomic mass is 16.5. The van der Waals surface area contributed by atoms with Gasteiger partial charge in [0, 0.05) is 38.3 Å². The lowest BCUT2D eigenvalue weighted by atomic mass is 10.3. The number of hydrogen-bond acceptors (Lipinski definition) is 6. The minimum atomic E-state index is -0.185. The number of anilines is 2. The van der Waals surface area contributed by atoms with E-state index in [0.29, 0.717) is 24.7 Å². The number of aryl methyl sites for hydroxylation is 1. The zero-order chi connectivity index (χ0) is 17.9. The van der Waals surface area contributed by atoms with Crippen LogP contribution in [0.1, 0.15) is 25.0 Å². The Bertz CT molecular complexity index is 772. The molecule has 0 spiro atoms. The average Bonchev–Trinajstić information content (AvgIpc) is 3.38. The van der Waals surface area contributed by atoms with E-state index in [1.165, 1.54) is 12.8 Å². The van der Waals surface area contributed by atoms with Crippen molar-refractivity contribution < 1.29 is 14.1 Å². The van der Waals surface area contributed by atoms with Crippen LogP contribution in [0.2, 0.25) is 0 Å². The van der Waals surface area contributed by atoms with Crippen LogP contribution in [0.5, 0.6) is 5.75 Å². The predicted octanol–water partition coefficient (Wildman–Crippen LogP) is 2.66. The SMILES string of the molecule is Cc1cc(NC(=O)N2CCC(Oc3cccnc3N3CCCC3)C2)no1. The molecule has 1 N–H and O–H groups in total. The van der Waals surface area contributed by atoms with E-state index in [4.69, 9.17) is 9.26 Å². The van der Waals surface area contributed by atoms with E-state index in [9.17, 15) is 4.79 Å². The van der Waals surface area contributed by atoms with Gasteiger partial charge in [-0.2, -0.15) is 0 Å². The van der Waals surface area contributed by atoms with Crippen LogP contribution >= 0.6 is 0 Å². The molecule has 4 rings (SSSR count). The molecular weight excluding hydrogens is 334 g/mol. The first kappa shape index (κ1) is 16.7. The molecule has 138 valence electrons. The Morgan fingerprint density at radius 2 is 2.19 bits per heavy atom. The molecular formula is C18H23N5O3. The number of urea groups is 1. The van der Waals surface area contributed by atoms with Gasteiger partial charge in [0.25, 0.3) is 0 Å². The summed E-state index contributed by atoms with van der Waals surface area (Å²) in [4.78, 5) is 20.9. The number of carbonyl (C=O) groups is 1. The number of likely N-dealkylation sites (tertiary alicyclic amines) is 1. The van der Waals surface area contributed by atoms with Crippen molar-refractivity contribution in [2.45, 2.75) is 32.3 Å². The van der Waals surface area contributed by atoms with Crippen LogP contribution in [0.15, 0.2) is 28.9 Å². The Balaban J connectivity index is 1.36. The quantitative estimate of drug-likeness (QED) is 0.906. The second-order valence-electron chi connectivity index (χ2n) is 6.75. The van der Waals surface area contributed by atoms with Crippen molar-refractivity contribution in [3.8, 4) is 5.75 Å². The van der Waals surface area contributed by atoms with Gasteiger partial charge in [-0.1, -0.05) is 5.16 Å². The lowest BCUT2D eigenvalue weighted by molar-refractivity contribution is 0.194. The molecule has 1 unspecified atom stereocenters. The third-order valence-corrected chi connectivity index (χ3v) is 4.75. The number of nitrogens with one attached hydrogen (secondary N) is 1. The van der Waals surface area contributed by atoms with Gasteiger partial charge in [-0.15, -0.1) is 0 Å². The molecule has 0 radical (unpaired) electrons. The van der Waals surface area contributed by atoms with Crippen molar-refractivity contribution in [1.29, 1.82) is 0 Å². The second-order valence-corrected chi connectivity index (χ2v) is 6.75. The van der Waals surface area contributed by atoms with Crippen LogP contribution in [-0.2, 0) is 0 Å². The van der Waals surface area contributed by atoms with Gasteiger partial charge in [0.15, 0.2) is 17.4 Å². The summed E-state index contributed by atoms with van der Waals surface area (Å²) in [6.07, 6.45) is 4.93. The summed E-state index contributed by atoms with van der Waals surface area (Å²) in [6, 6.07) is 5.36. The van der Waals surface area contributed by atoms with Gasteiger partial charge >= 0.3 is 6.03 Å². The number of ether oxygens (including phenoxy) is 1. The van der Waals surface area contributed by atoms with E-state index in [-0.39, 0.29) is 12.1 Å². The van der Waals surface area contributed by atoms with Crippen molar-refractivity contribution in [3.05, 3.63) is 30.2 Å². The molecule has 0 saturated carbocycles. The highest BCUT2D eigenvalue weighted by molar-refractivity contribution is 5.88. The summed E-state index contributed by atoms with van der Waals surface area (Å²) in [6.45, 7) is 5.01. The molecule has 0 aliphatic carbocycles. The lowest BCUT2D eigenvalue weighted by Crippen LogP contribution is -2.34. The highest BCUT2D eigenvalue weighted by Crippen LogP contribution is 2.30. The van der Waals surface area contributed by atoms with Gasteiger partial charge in [0.2, 0.25) is 0 Å². The molecule has 2 aliphatic heterocycles. The Kier molecular flexibility index (Phi) is 4.64. The molecule has 2 aromatic heterocycles. The first-order valence-corrected chi connectivity index (χ1v) is 9.05. The number of hydrogen-bond donors (Lipinski definition) is 1. The smallest absolute Gasteiger partial charge is 0.323 e. The minimum Gasteiger partial charge on any atom is -0.485 e. The molecule has 0 aromatic carbocycles. The van der Waals surface area contributed by atoms with Gasteiger partial charge in [-0.25, -0.2) is 9.78 Å². The van der Waals surface area contributed by atoms with Crippen LogP contribution in [0.25, 0.3) is 0 Å². The number of amides is 2. The number of pyridine rings is 1. The second kappa shape index (κ2) is 7.23. The Morgan fingerprint density at radius 1 is 1.35 bits per heavy atom. The first-order chi connectivity index (χ1) is 12.7. The fraction of sp³-hybridized carbons (Fsp3) is 0.500. The van der Waals surface area contributed by atoms with Crippen molar-refractivity contribution in [1.82, 2.24) is 15.0 Å². The average molecular weight is 357 g/mol. The molecule has 0 bridgehead atoms. The number of nitrogens with zero attached hydrogens (tertiary/aromatic N) is 4. The molecule has 2 aliphatic rings. The maximum absolute atomic E-state index is 12.4. The van der Waals surface area contributed by atoms with Crippen LogP contribution < -0.4 is 15.0 Å². The zero-order valence-corrected chi connectivity index (χ0v) is 14.9. The van der Waals surface area contributed by atoms with Gasteiger partial charge in [-0.05, 0) is 31.9 Å². The van der Waals surface area contributed by atoms with E-state index in [1.54, 1.807) is 24.1 Å². The number of rotatable bonds is 4. The number of carbonyl (C=O) groups excluding carboxylic acids is 1. The van der Waals surface area contributed by atoms with Crippen LogP contribution in [0, 0.1) is 6.92 Å². The summed E-state index contributed by atoms with van der Waals surface area (Å²) in [5.41, 5.74) is 0. The third-order valence-electron chi connectivity index (χ3n) is 4.75. The van der Waals surface area contributed by atoms with E-state index >= 15 is 0 Å². The fourth-order valence-electron chi connectivity index (χ4n) is 3.44. The summed E-state index contributed by atoms with van der Waals surface area (Å²) in [5.74, 6) is 2.80. The van der Waals surface area contributed by atoms with Crippen LogP contribution in [-0.4, -0.2) is 53.4 Å². The van der Waals surface area contributed by atoms with E-state index in [0.717, 1.165) is 31.1 Å². The molecule has 2 aromatic rings. The Hall–Kier alpha value is -2.77. The summed E-state index contributed by atoms with van der Waals surface area (Å²) >= 11 is 0. The van der Waals surface area contributed by atoms with Crippen LogP contribution in [0.3, 0.4) is 0 Å². The normalized spacial score (nSPS) is 19.8. The van der Waals surface area contributed by atoms with E-state index < -0.39 is 0 Å². The summed E-state index contributed by atoms with van der Waals surface area (Å²) in [5, 5.41) is 6.54.